The van der Waals surface area contributed by atoms with Crippen LogP contribution in [0.3, 0.4) is 0 Å². The van der Waals surface area contributed by atoms with Crippen LogP contribution in [0.4, 0.5) is 25.8 Å². The number of carbonyl (C=O) groups is 1. The van der Waals surface area contributed by atoms with Crippen molar-refractivity contribution in [3.63, 3.8) is 0 Å². The fraction of sp³-hybridized carbons (Fsp3) is 0.103. The lowest BCUT2D eigenvalue weighted by atomic mass is 10.0. The molecule has 1 aliphatic heterocycles. The average Bonchev–Trinajstić information content (AvgIpc) is 3.18. The number of aromatic nitrogens is 2. The molecule has 1 amide bonds. The van der Waals surface area contributed by atoms with Gasteiger partial charge in [0.15, 0.2) is 0 Å². The first-order chi connectivity index (χ1) is 18.3. The predicted octanol–water partition coefficient (Wildman–Crippen LogP) is 6.41. The number of benzene rings is 3. The number of hydrogen-bond acceptors (Lipinski definition) is 3. The van der Waals surface area contributed by atoms with Crippen molar-refractivity contribution >= 4 is 49.8 Å². The number of aryl methyl sites for hydroxylation is 1. The molecule has 6 nitrogen and oxygen atoms in total. The van der Waals surface area contributed by atoms with Gasteiger partial charge in [0.05, 0.1) is 13.0 Å². The zero-order valence-electron chi connectivity index (χ0n) is 20.2. The maximum Gasteiger partial charge on any atom is 0.272 e. The van der Waals surface area contributed by atoms with Crippen molar-refractivity contribution in [3.8, 4) is 11.1 Å². The fourth-order valence-electron chi connectivity index (χ4n) is 5.08. The molecule has 0 bridgehead atoms. The van der Waals surface area contributed by atoms with Gasteiger partial charge in [-0.3, -0.25) is 9.59 Å². The van der Waals surface area contributed by atoms with Gasteiger partial charge in [0.25, 0.3) is 5.56 Å². The quantitative estimate of drug-likeness (QED) is 0.260. The summed E-state index contributed by atoms with van der Waals surface area (Å²) in [5.41, 5.74) is 5.67. The molecular weight excluding hydrogens is 554 g/mol. The van der Waals surface area contributed by atoms with E-state index in [1.807, 2.05) is 25.4 Å². The zero-order chi connectivity index (χ0) is 26.6. The minimum atomic E-state index is -0.413. The van der Waals surface area contributed by atoms with Gasteiger partial charge < -0.3 is 19.8 Å². The lowest BCUT2D eigenvalue weighted by Crippen LogP contribution is -2.18. The summed E-state index contributed by atoms with van der Waals surface area (Å²) in [5, 5.41) is 3.75. The molecule has 190 valence electrons. The van der Waals surface area contributed by atoms with E-state index in [0.717, 1.165) is 33.5 Å². The molecule has 0 spiro atoms. The standard InChI is InChI=1S/C29H21BrF2N4O2/c1-35-15-23-22-12-20(34-26(37)11-16-10-19(32)4-8-24(16)30)5-9-25(22)36(21-6-2-18(31)3-7-21)14-17-13-33-29(38)28(35)27(17)23/h2-10,12-13,15H,11,14H2,1H3,(H,33,38)(H,34,37). The molecule has 38 heavy (non-hydrogen) atoms. The predicted molar refractivity (Wildman–Crippen MR) is 148 cm³/mol. The van der Waals surface area contributed by atoms with Crippen molar-refractivity contribution in [1.82, 2.24) is 9.55 Å². The number of fused-ring (bicyclic) bond motifs is 2. The van der Waals surface area contributed by atoms with E-state index in [4.69, 9.17) is 0 Å². The fourth-order valence-corrected chi connectivity index (χ4v) is 5.46. The van der Waals surface area contributed by atoms with Crippen molar-refractivity contribution in [2.24, 2.45) is 7.05 Å². The number of amides is 1. The van der Waals surface area contributed by atoms with Gasteiger partial charge in [0, 0.05) is 57.5 Å². The summed E-state index contributed by atoms with van der Waals surface area (Å²) >= 11 is 3.37. The van der Waals surface area contributed by atoms with Gasteiger partial charge in [-0.25, -0.2) is 8.78 Å². The Morgan fingerprint density at radius 2 is 1.79 bits per heavy atom. The molecule has 3 heterocycles. The maximum absolute atomic E-state index is 13.7. The van der Waals surface area contributed by atoms with Gasteiger partial charge in [0.2, 0.25) is 5.91 Å². The lowest BCUT2D eigenvalue weighted by Gasteiger charge is -2.26. The summed E-state index contributed by atoms with van der Waals surface area (Å²) in [4.78, 5) is 30.5. The second-order valence-corrected chi connectivity index (χ2v) is 10.1. The topological polar surface area (TPSA) is 70.1 Å². The summed E-state index contributed by atoms with van der Waals surface area (Å²) in [5.74, 6) is -1.04. The molecule has 0 atom stereocenters. The third-order valence-corrected chi connectivity index (χ3v) is 7.56. The van der Waals surface area contributed by atoms with E-state index in [1.165, 1.54) is 24.3 Å². The first-order valence-electron chi connectivity index (χ1n) is 11.9. The van der Waals surface area contributed by atoms with Gasteiger partial charge in [-0.1, -0.05) is 15.9 Å². The Balaban J connectivity index is 1.46. The lowest BCUT2D eigenvalue weighted by molar-refractivity contribution is -0.115. The Kier molecular flexibility index (Phi) is 5.87. The van der Waals surface area contributed by atoms with Crippen LogP contribution in [-0.4, -0.2) is 15.5 Å². The molecule has 9 heteroatoms. The van der Waals surface area contributed by atoms with Crippen LogP contribution >= 0.6 is 15.9 Å². The molecule has 2 aromatic heterocycles. The van der Waals surface area contributed by atoms with E-state index in [0.29, 0.717) is 27.8 Å². The van der Waals surface area contributed by atoms with Crippen molar-refractivity contribution in [3.05, 3.63) is 111 Å². The summed E-state index contributed by atoms with van der Waals surface area (Å²) in [6, 6.07) is 16.1. The van der Waals surface area contributed by atoms with Crippen LogP contribution < -0.4 is 15.8 Å². The highest BCUT2D eigenvalue weighted by atomic mass is 79.9. The number of aromatic amines is 1. The van der Waals surface area contributed by atoms with E-state index < -0.39 is 5.82 Å². The second-order valence-electron chi connectivity index (χ2n) is 9.28. The monoisotopic (exact) mass is 574 g/mol. The summed E-state index contributed by atoms with van der Waals surface area (Å²) in [6.45, 7) is 0.447. The zero-order valence-corrected chi connectivity index (χ0v) is 21.8. The average molecular weight is 575 g/mol. The first kappa shape index (κ1) is 24.1. The van der Waals surface area contributed by atoms with E-state index >= 15 is 0 Å². The van der Waals surface area contributed by atoms with E-state index in [2.05, 4.69) is 31.1 Å². The Labute approximate surface area is 224 Å². The van der Waals surface area contributed by atoms with Crippen LogP contribution in [0, 0.1) is 11.6 Å². The molecule has 6 rings (SSSR count). The van der Waals surface area contributed by atoms with E-state index in [-0.39, 0.29) is 23.7 Å². The smallest absolute Gasteiger partial charge is 0.272 e. The van der Waals surface area contributed by atoms with Gasteiger partial charge in [0.1, 0.15) is 17.2 Å². The molecule has 0 fully saturated rings. The third-order valence-electron chi connectivity index (χ3n) is 6.78. The molecule has 3 aromatic carbocycles. The van der Waals surface area contributed by atoms with Crippen molar-refractivity contribution < 1.29 is 13.6 Å². The van der Waals surface area contributed by atoms with Gasteiger partial charge in [-0.15, -0.1) is 0 Å². The number of carbonyl (C=O) groups excluding carboxylic acids is 1. The minimum Gasteiger partial charge on any atom is -0.345 e. The molecule has 0 radical (unpaired) electrons. The molecule has 1 aliphatic rings. The number of nitrogens with one attached hydrogen (secondary N) is 2. The largest absolute Gasteiger partial charge is 0.345 e. The number of rotatable bonds is 4. The molecule has 0 aliphatic carbocycles. The maximum atomic E-state index is 13.7. The molecule has 2 N–H and O–H groups in total. The number of halogens is 3. The number of hydrogen-bond donors (Lipinski definition) is 2. The van der Waals surface area contributed by atoms with Gasteiger partial charge in [-0.2, -0.15) is 0 Å². The highest BCUT2D eigenvalue weighted by molar-refractivity contribution is 9.10. The SMILES string of the molecule is Cn1cc2c3c(c[nH]c(=O)c31)CN(c1ccc(F)cc1)c1ccc(NC(=O)Cc3cc(F)ccc3Br)cc1-2. The number of pyridine rings is 1. The molecule has 0 saturated carbocycles. The second kappa shape index (κ2) is 9.25. The van der Waals surface area contributed by atoms with Crippen LogP contribution in [0.25, 0.3) is 22.0 Å². The van der Waals surface area contributed by atoms with Crippen LogP contribution in [0.1, 0.15) is 11.1 Å². The Hall–Kier alpha value is -4.24. The minimum absolute atomic E-state index is 0.00900. The highest BCUT2D eigenvalue weighted by Crippen LogP contribution is 2.44. The van der Waals surface area contributed by atoms with E-state index in [9.17, 15) is 18.4 Å². The third kappa shape index (κ3) is 4.18. The molecule has 5 aromatic rings. The van der Waals surface area contributed by atoms with Crippen molar-refractivity contribution in [2.45, 2.75) is 13.0 Å². The van der Waals surface area contributed by atoms with Gasteiger partial charge in [-0.05, 0) is 71.8 Å². The summed E-state index contributed by atoms with van der Waals surface area (Å²) in [6.07, 6.45) is 3.62. The Morgan fingerprint density at radius 1 is 1.03 bits per heavy atom. The summed E-state index contributed by atoms with van der Waals surface area (Å²) < 4.78 is 29.9. The normalized spacial score (nSPS) is 12.4. The molecular formula is C29H21BrF2N4O2. The van der Waals surface area contributed by atoms with Crippen LogP contribution in [0.15, 0.2) is 82.3 Å². The Morgan fingerprint density at radius 3 is 2.58 bits per heavy atom. The van der Waals surface area contributed by atoms with Crippen molar-refractivity contribution in [2.75, 3.05) is 10.2 Å². The van der Waals surface area contributed by atoms with Crippen molar-refractivity contribution in [1.29, 1.82) is 0 Å². The number of H-pyrrole nitrogens is 1. The molecule has 0 saturated heterocycles. The number of anilines is 3. The first-order valence-corrected chi connectivity index (χ1v) is 12.7. The number of nitrogens with zero attached hydrogens (tertiary/aromatic N) is 2. The van der Waals surface area contributed by atoms with Gasteiger partial charge >= 0.3 is 0 Å². The van der Waals surface area contributed by atoms with Crippen LogP contribution in [0.5, 0.6) is 0 Å². The van der Waals surface area contributed by atoms with Crippen LogP contribution in [0.2, 0.25) is 0 Å². The molecule has 0 unspecified atom stereocenters. The Bertz CT molecular complexity index is 1790. The van der Waals surface area contributed by atoms with E-state index in [1.54, 1.807) is 35.0 Å². The summed E-state index contributed by atoms with van der Waals surface area (Å²) in [7, 11) is 1.83. The van der Waals surface area contributed by atoms with Crippen LogP contribution in [-0.2, 0) is 24.8 Å². The highest BCUT2D eigenvalue weighted by Gasteiger charge is 2.26.